The van der Waals surface area contributed by atoms with E-state index in [2.05, 4.69) is 13.2 Å². The molecule has 0 atom stereocenters. The van der Waals surface area contributed by atoms with Crippen molar-refractivity contribution in [3.05, 3.63) is 66.4 Å². The number of rotatable bonds is 5. The summed E-state index contributed by atoms with van der Waals surface area (Å²) in [5.74, 6) is 0. The van der Waals surface area contributed by atoms with Crippen LogP contribution in [0.3, 0.4) is 0 Å². The van der Waals surface area contributed by atoms with E-state index in [1.807, 2.05) is 44.2 Å². The first-order valence-corrected chi connectivity index (χ1v) is 6.22. The largest absolute Gasteiger partial charge is 0.399 e. The second kappa shape index (κ2) is 9.11. The number of hydrogen-bond acceptors (Lipinski definition) is 2. The van der Waals surface area contributed by atoms with Gasteiger partial charge in [-0.05, 0) is 36.6 Å². The van der Waals surface area contributed by atoms with E-state index in [0.717, 1.165) is 24.1 Å². The average molecular weight is 244 g/mol. The molecule has 0 amide bonds. The Labute approximate surface area is 111 Å². The van der Waals surface area contributed by atoms with Gasteiger partial charge in [0.15, 0.2) is 0 Å². The Morgan fingerprint density at radius 3 is 2.17 bits per heavy atom. The van der Waals surface area contributed by atoms with Gasteiger partial charge in [0.05, 0.1) is 0 Å². The Balaban J connectivity index is 0.00000137. The second-order valence-electron chi connectivity index (χ2n) is 3.81. The SMILES string of the molecule is C=C(N)/C=C\C(=C)CCc1ccc(N)cc1.CC. The van der Waals surface area contributed by atoms with Gasteiger partial charge in [0.25, 0.3) is 0 Å². The highest BCUT2D eigenvalue weighted by atomic mass is 14.5. The van der Waals surface area contributed by atoms with Gasteiger partial charge in [-0.1, -0.05) is 50.8 Å². The van der Waals surface area contributed by atoms with Crippen molar-refractivity contribution < 1.29 is 0 Å². The maximum absolute atomic E-state index is 5.61. The summed E-state index contributed by atoms with van der Waals surface area (Å²) in [5.41, 5.74) is 14.7. The smallest absolute Gasteiger partial charge is 0.0314 e. The normalized spacial score (nSPS) is 9.67. The van der Waals surface area contributed by atoms with Crippen molar-refractivity contribution in [1.29, 1.82) is 0 Å². The van der Waals surface area contributed by atoms with Crippen molar-refractivity contribution in [2.24, 2.45) is 5.73 Å². The van der Waals surface area contributed by atoms with E-state index in [0.29, 0.717) is 5.70 Å². The highest BCUT2D eigenvalue weighted by Crippen LogP contribution is 2.11. The number of anilines is 1. The molecule has 0 radical (unpaired) electrons. The lowest BCUT2D eigenvalue weighted by Crippen LogP contribution is -1.91. The van der Waals surface area contributed by atoms with Gasteiger partial charge < -0.3 is 11.5 Å². The Morgan fingerprint density at radius 2 is 1.67 bits per heavy atom. The van der Waals surface area contributed by atoms with Crippen LogP contribution in [-0.4, -0.2) is 0 Å². The third kappa shape index (κ3) is 7.34. The molecule has 0 saturated heterocycles. The lowest BCUT2D eigenvalue weighted by Gasteiger charge is -2.02. The predicted molar refractivity (Wildman–Crippen MR) is 82.1 cm³/mol. The minimum Gasteiger partial charge on any atom is -0.399 e. The quantitative estimate of drug-likeness (QED) is 0.611. The second-order valence-corrected chi connectivity index (χ2v) is 3.81. The van der Waals surface area contributed by atoms with E-state index in [4.69, 9.17) is 11.5 Å². The van der Waals surface area contributed by atoms with Gasteiger partial charge in [0, 0.05) is 11.4 Å². The van der Waals surface area contributed by atoms with Crippen molar-refractivity contribution in [3.63, 3.8) is 0 Å². The third-order valence-corrected chi connectivity index (χ3v) is 2.25. The molecule has 18 heavy (non-hydrogen) atoms. The Kier molecular flexibility index (Phi) is 8.12. The molecular formula is C16H24N2. The molecule has 0 aliphatic carbocycles. The van der Waals surface area contributed by atoms with Crippen LogP contribution < -0.4 is 11.5 Å². The van der Waals surface area contributed by atoms with Crippen LogP contribution in [0.15, 0.2) is 60.8 Å². The number of hydrogen-bond donors (Lipinski definition) is 2. The summed E-state index contributed by atoms with van der Waals surface area (Å²) < 4.78 is 0. The molecule has 1 aromatic rings. The lowest BCUT2D eigenvalue weighted by atomic mass is 10.0. The first-order valence-electron chi connectivity index (χ1n) is 6.22. The van der Waals surface area contributed by atoms with Crippen LogP contribution in [0.1, 0.15) is 25.8 Å². The molecule has 0 bridgehead atoms. The summed E-state index contributed by atoms with van der Waals surface area (Å²) in [5, 5.41) is 0. The molecule has 2 nitrogen and oxygen atoms in total. The molecule has 0 aromatic heterocycles. The van der Waals surface area contributed by atoms with Crippen LogP contribution in [0.5, 0.6) is 0 Å². The fourth-order valence-electron chi connectivity index (χ4n) is 1.30. The standard InChI is InChI=1S/C14H18N2.C2H6/c1-11(3-5-12(2)15)4-6-13-7-9-14(16)10-8-13;1-2/h3,5,7-10H,1-2,4,6,15-16H2;1-2H3/b5-3-;. The van der Waals surface area contributed by atoms with Crippen LogP contribution in [0, 0.1) is 0 Å². The van der Waals surface area contributed by atoms with Crippen molar-refractivity contribution in [2.45, 2.75) is 26.7 Å². The van der Waals surface area contributed by atoms with Gasteiger partial charge in [-0.15, -0.1) is 0 Å². The number of benzene rings is 1. The van der Waals surface area contributed by atoms with E-state index in [9.17, 15) is 0 Å². The highest BCUT2D eigenvalue weighted by Gasteiger charge is 1.94. The maximum atomic E-state index is 5.61. The van der Waals surface area contributed by atoms with E-state index < -0.39 is 0 Å². The van der Waals surface area contributed by atoms with Gasteiger partial charge in [-0.25, -0.2) is 0 Å². The number of nitrogen functional groups attached to an aromatic ring is 1. The predicted octanol–water partition coefficient (Wildman–Crippen LogP) is 3.81. The van der Waals surface area contributed by atoms with Gasteiger partial charge in [-0.2, -0.15) is 0 Å². The monoisotopic (exact) mass is 244 g/mol. The van der Waals surface area contributed by atoms with Crippen LogP contribution >= 0.6 is 0 Å². The Bertz CT molecular complexity index is 400. The van der Waals surface area contributed by atoms with Crippen molar-refractivity contribution in [1.82, 2.24) is 0 Å². The third-order valence-electron chi connectivity index (χ3n) is 2.25. The molecule has 0 spiro atoms. The zero-order chi connectivity index (χ0) is 14.0. The fraction of sp³-hybridized carbons (Fsp3) is 0.250. The first kappa shape index (κ1) is 16.0. The highest BCUT2D eigenvalue weighted by molar-refractivity contribution is 5.39. The van der Waals surface area contributed by atoms with E-state index in [-0.39, 0.29) is 0 Å². The Hall–Kier alpha value is -1.96. The topological polar surface area (TPSA) is 52.0 Å². The molecule has 0 aliphatic heterocycles. The summed E-state index contributed by atoms with van der Waals surface area (Å²) in [7, 11) is 0. The van der Waals surface area contributed by atoms with Gasteiger partial charge in [0.1, 0.15) is 0 Å². The summed E-state index contributed by atoms with van der Waals surface area (Å²) >= 11 is 0. The van der Waals surface area contributed by atoms with Gasteiger partial charge in [0.2, 0.25) is 0 Å². The molecule has 2 heteroatoms. The molecule has 1 aromatic carbocycles. The van der Waals surface area contributed by atoms with Crippen LogP contribution in [0.25, 0.3) is 0 Å². The Morgan fingerprint density at radius 1 is 1.11 bits per heavy atom. The van der Waals surface area contributed by atoms with Gasteiger partial charge in [-0.3, -0.25) is 0 Å². The minimum atomic E-state index is 0.550. The molecule has 1 rings (SSSR count). The number of allylic oxidation sites excluding steroid dienone is 3. The molecule has 0 fully saturated rings. The van der Waals surface area contributed by atoms with Crippen LogP contribution in [0.2, 0.25) is 0 Å². The van der Waals surface area contributed by atoms with Crippen molar-refractivity contribution >= 4 is 5.69 Å². The van der Waals surface area contributed by atoms with E-state index in [1.165, 1.54) is 5.56 Å². The molecular weight excluding hydrogens is 220 g/mol. The summed E-state index contributed by atoms with van der Waals surface area (Å²) in [6, 6.07) is 7.90. The van der Waals surface area contributed by atoms with Crippen LogP contribution in [0.4, 0.5) is 5.69 Å². The lowest BCUT2D eigenvalue weighted by molar-refractivity contribution is 0.969. The summed E-state index contributed by atoms with van der Waals surface area (Å²) in [6.07, 6.45) is 5.54. The minimum absolute atomic E-state index is 0.550. The summed E-state index contributed by atoms with van der Waals surface area (Å²) in [6.45, 7) is 11.5. The number of aryl methyl sites for hydroxylation is 1. The molecule has 0 saturated carbocycles. The number of nitrogens with two attached hydrogens (primary N) is 2. The van der Waals surface area contributed by atoms with E-state index in [1.54, 1.807) is 6.08 Å². The summed E-state index contributed by atoms with van der Waals surface area (Å²) in [4.78, 5) is 0. The molecule has 0 unspecified atom stereocenters. The van der Waals surface area contributed by atoms with Crippen molar-refractivity contribution in [3.8, 4) is 0 Å². The van der Waals surface area contributed by atoms with Crippen LogP contribution in [-0.2, 0) is 6.42 Å². The first-order chi connectivity index (χ1) is 8.58. The fourth-order valence-corrected chi connectivity index (χ4v) is 1.30. The molecule has 0 heterocycles. The van der Waals surface area contributed by atoms with Gasteiger partial charge >= 0.3 is 0 Å². The molecule has 98 valence electrons. The van der Waals surface area contributed by atoms with Crippen molar-refractivity contribution in [2.75, 3.05) is 5.73 Å². The molecule has 4 N–H and O–H groups in total. The van der Waals surface area contributed by atoms with E-state index >= 15 is 0 Å². The maximum Gasteiger partial charge on any atom is 0.0314 e. The zero-order valence-electron chi connectivity index (χ0n) is 11.4. The molecule has 0 aliphatic rings. The zero-order valence-corrected chi connectivity index (χ0v) is 11.4. The average Bonchev–Trinajstić information content (AvgIpc) is 2.38.